The number of aromatic amines is 1. The average Bonchev–Trinajstić information content (AvgIpc) is 3.42. The highest BCUT2D eigenvalue weighted by molar-refractivity contribution is 7.48. The van der Waals surface area contributed by atoms with E-state index in [9.17, 15) is 19.3 Å². The van der Waals surface area contributed by atoms with Crippen LogP contribution in [-0.2, 0) is 29.5 Å². The molecule has 4 aromatic rings. The number of phosphoric ester groups is 1. The molecule has 3 aromatic heterocycles. The molecule has 2 aliphatic heterocycles. The predicted molar refractivity (Wildman–Crippen MR) is 125 cm³/mol. The second-order valence-electron chi connectivity index (χ2n) is 8.37. The Morgan fingerprint density at radius 2 is 2.16 bits per heavy atom. The second-order valence-corrected chi connectivity index (χ2v) is 9.99. The molecule has 15 nitrogen and oxygen atoms in total. The van der Waals surface area contributed by atoms with Crippen LogP contribution in [0.4, 0.5) is 5.95 Å². The molecule has 37 heavy (non-hydrogen) atoms. The first-order chi connectivity index (χ1) is 17.7. The summed E-state index contributed by atoms with van der Waals surface area (Å²) in [5, 5.41) is 11.5. The van der Waals surface area contributed by atoms with Gasteiger partial charge in [0, 0.05) is 17.5 Å². The van der Waals surface area contributed by atoms with Crippen molar-refractivity contribution in [2.75, 3.05) is 19.5 Å². The molecule has 194 valence electrons. The third kappa shape index (κ3) is 4.11. The summed E-state index contributed by atoms with van der Waals surface area (Å²) in [7, 11) is -2.69. The van der Waals surface area contributed by atoms with Crippen molar-refractivity contribution >= 4 is 35.9 Å². The molecular weight excluding hydrogens is 513 g/mol. The van der Waals surface area contributed by atoms with Crippen molar-refractivity contribution in [2.45, 2.75) is 31.1 Å². The number of imidazole rings is 1. The molecule has 5 heterocycles. The van der Waals surface area contributed by atoms with E-state index in [1.807, 2.05) is 0 Å². The molecule has 5 atom stereocenters. The fourth-order valence-electron chi connectivity index (χ4n) is 4.36. The average molecular weight is 533 g/mol. The highest BCUT2D eigenvalue weighted by Crippen LogP contribution is 2.57. The molecule has 2 aliphatic rings. The van der Waals surface area contributed by atoms with Crippen LogP contribution in [0.2, 0.25) is 0 Å². The van der Waals surface area contributed by atoms with Gasteiger partial charge < -0.3 is 24.7 Å². The zero-order valence-electron chi connectivity index (χ0n) is 19.1. The van der Waals surface area contributed by atoms with Crippen molar-refractivity contribution in [3.63, 3.8) is 0 Å². The van der Waals surface area contributed by atoms with Gasteiger partial charge in [-0.25, -0.2) is 14.3 Å². The lowest BCUT2D eigenvalue weighted by Crippen LogP contribution is -2.39. The number of ether oxygens (including phenoxy) is 2. The Morgan fingerprint density at radius 1 is 1.32 bits per heavy atom. The first-order valence-corrected chi connectivity index (χ1v) is 12.4. The number of H-pyrrole nitrogens is 1. The van der Waals surface area contributed by atoms with Gasteiger partial charge in [-0.1, -0.05) is 0 Å². The van der Waals surface area contributed by atoms with E-state index in [0.717, 1.165) is 0 Å². The Balaban J connectivity index is 1.22. The lowest BCUT2D eigenvalue weighted by molar-refractivity contribution is -0.0714. The van der Waals surface area contributed by atoms with Gasteiger partial charge in [0.25, 0.3) is 5.56 Å². The van der Waals surface area contributed by atoms with Crippen LogP contribution in [-0.4, -0.2) is 56.7 Å². The monoisotopic (exact) mass is 533 g/mol. The van der Waals surface area contributed by atoms with Crippen LogP contribution in [0.3, 0.4) is 0 Å². The van der Waals surface area contributed by atoms with Crippen LogP contribution in [0.1, 0.15) is 11.8 Å². The van der Waals surface area contributed by atoms with E-state index >= 15 is 0 Å². The number of nitrogens with one attached hydrogen (secondary N) is 1. The van der Waals surface area contributed by atoms with E-state index in [4.69, 9.17) is 33.2 Å². The molecule has 16 heteroatoms. The summed E-state index contributed by atoms with van der Waals surface area (Å²) in [5.74, 6) is 0.354. The van der Waals surface area contributed by atoms with Crippen LogP contribution in [0.25, 0.3) is 22.1 Å². The maximum atomic E-state index is 13.3. The smallest absolute Gasteiger partial charge is 0.475 e. The molecule has 0 saturated carbocycles. The molecule has 0 amide bonds. The number of nitrogens with zero attached hydrogens (tertiary/aromatic N) is 3. The number of anilines is 1. The standard InChI is InChI=1S/C21H20N5O10P/c1-31-10-2-3-11-9(4-14(27)34-12(11)5-10)6-32-37(30)33-7-13-17(36-37)16(28)20(35-13)26-8-23-15-18(26)24-21(22)25-19(15)29/h2-5,8,13,16-17,20,28H,6-7H2,1H3,(H3,22,24,25,29)/t13-,16-,17-,20-,37?/m1/s1. The highest BCUT2D eigenvalue weighted by atomic mass is 31.2. The van der Waals surface area contributed by atoms with Gasteiger partial charge in [0.15, 0.2) is 17.4 Å². The quantitative estimate of drug-likeness (QED) is 0.240. The number of aliphatic hydroxyl groups is 1. The van der Waals surface area contributed by atoms with Crippen molar-refractivity contribution in [2.24, 2.45) is 0 Å². The maximum Gasteiger partial charge on any atom is 0.475 e. The molecule has 1 unspecified atom stereocenters. The topological polar surface area (TPSA) is 203 Å². The molecule has 2 fully saturated rings. The summed E-state index contributed by atoms with van der Waals surface area (Å²) in [4.78, 5) is 34.5. The number of aromatic nitrogens is 4. The molecule has 0 bridgehead atoms. The molecule has 0 aliphatic carbocycles. The lowest BCUT2D eigenvalue weighted by atomic mass is 10.1. The number of hydrogen-bond acceptors (Lipinski definition) is 13. The summed E-state index contributed by atoms with van der Waals surface area (Å²) in [5.41, 5.74) is 5.20. The number of hydrogen-bond donors (Lipinski definition) is 3. The van der Waals surface area contributed by atoms with Gasteiger partial charge >= 0.3 is 13.4 Å². The van der Waals surface area contributed by atoms with E-state index < -0.39 is 43.5 Å². The summed E-state index contributed by atoms with van der Waals surface area (Å²) >= 11 is 0. The van der Waals surface area contributed by atoms with Crippen LogP contribution in [0.5, 0.6) is 5.75 Å². The molecular formula is C21H20N5O10P. The number of nitrogens with two attached hydrogens (primary N) is 1. The minimum absolute atomic E-state index is 0.00299. The number of rotatable bonds is 5. The molecule has 0 spiro atoms. The largest absolute Gasteiger partial charge is 0.497 e. The van der Waals surface area contributed by atoms with Gasteiger partial charge in [0.1, 0.15) is 29.6 Å². The summed E-state index contributed by atoms with van der Waals surface area (Å²) < 4.78 is 47.2. The molecule has 4 N–H and O–H groups in total. The summed E-state index contributed by atoms with van der Waals surface area (Å²) in [6.45, 7) is -0.519. The van der Waals surface area contributed by atoms with Gasteiger partial charge in [-0.05, 0) is 17.7 Å². The van der Waals surface area contributed by atoms with Crippen molar-refractivity contribution in [3.8, 4) is 5.75 Å². The SMILES string of the molecule is COc1ccc2c(COP3(=O)OC[C@H]4O[C@@H](n5cnc6c(=O)[nH]c(N)nc65)[C@H](O)[C@@H]4O3)cc(=O)oc2c1. The summed E-state index contributed by atoms with van der Waals surface area (Å²) in [6, 6.07) is 6.10. The minimum Gasteiger partial charge on any atom is -0.497 e. The fraction of sp³-hybridized carbons (Fsp3) is 0.333. The van der Waals surface area contributed by atoms with Gasteiger partial charge in [-0.2, -0.15) is 4.98 Å². The molecule has 6 rings (SSSR count). The van der Waals surface area contributed by atoms with Crippen molar-refractivity contribution < 1.29 is 37.1 Å². The molecule has 2 saturated heterocycles. The van der Waals surface area contributed by atoms with Gasteiger partial charge in [-0.3, -0.25) is 27.9 Å². The predicted octanol–water partition coefficient (Wildman–Crippen LogP) is 0.815. The van der Waals surface area contributed by atoms with E-state index in [1.54, 1.807) is 18.2 Å². The number of methoxy groups -OCH3 is 1. The van der Waals surface area contributed by atoms with Gasteiger partial charge in [-0.15, -0.1) is 0 Å². The number of aliphatic hydroxyl groups excluding tert-OH is 1. The first-order valence-electron chi connectivity index (χ1n) is 11.0. The molecule has 0 radical (unpaired) electrons. The number of benzene rings is 1. The van der Waals surface area contributed by atoms with Gasteiger partial charge in [0.05, 0.1) is 26.7 Å². The van der Waals surface area contributed by atoms with E-state index in [-0.39, 0.29) is 35.9 Å². The Morgan fingerprint density at radius 3 is 2.97 bits per heavy atom. The molecule has 1 aromatic carbocycles. The zero-order valence-corrected chi connectivity index (χ0v) is 20.0. The Hall–Kier alpha value is -3.59. The van der Waals surface area contributed by atoms with Crippen LogP contribution in [0, 0.1) is 0 Å². The van der Waals surface area contributed by atoms with Gasteiger partial charge in [0.2, 0.25) is 5.95 Å². The normalized spacial score (nSPS) is 27.5. The highest BCUT2D eigenvalue weighted by Gasteiger charge is 2.53. The summed E-state index contributed by atoms with van der Waals surface area (Å²) in [6.07, 6.45) is -3.05. The van der Waals surface area contributed by atoms with Crippen LogP contribution < -0.4 is 21.7 Å². The van der Waals surface area contributed by atoms with Crippen molar-refractivity contribution in [1.82, 2.24) is 19.5 Å². The number of phosphoric acid groups is 1. The zero-order chi connectivity index (χ0) is 25.9. The third-order valence-corrected chi connectivity index (χ3v) is 7.51. The fourth-order valence-corrected chi connectivity index (χ4v) is 5.74. The van der Waals surface area contributed by atoms with E-state index in [2.05, 4.69) is 15.0 Å². The first kappa shape index (κ1) is 23.8. The van der Waals surface area contributed by atoms with E-state index in [1.165, 1.54) is 24.1 Å². The van der Waals surface area contributed by atoms with E-state index in [0.29, 0.717) is 16.7 Å². The second kappa shape index (κ2) is 8.76. The van der Waals surface area contributed by atoms with Crippen molar-refractivity contribution in [1.29, 1.82) is 0 Å². The lowest BCUT2D eigenvalue weighted by Gasteiger charge is -2.30. The van der Waals surface area contributed by atoms with Crippen LogP contribution >= 0.6 is 7.82 Å². The third-order valence-electron chi connectivity index (χ3n) is 6.10. The van der Waals surface area contributed by atoms with Crippen LogP contribution in [0.15, 0.2) is 44.6 Å². The number of nitrogen functional groups attached to an aromatic ring is 1. The Bertz CT molecular complexity index is 1680. The minimum atomic E-state index is -4.17. The Kier molecular flexibility index (Phi) is 5.63. The Labute approximate surface area is 206 Å². The maximum absolute atomic E-state index is 13.3. The number of fused-ring (bicyclic) bond motifs is 3. The van der Waals surface area contributed by atoms with Crippen molar-refractivity contribution in [3.05, 3.63) is 56.9 Å².